The summed E-state index contributed by atoms with van der Waals surface area (Å²) in [6.07, 6.45) is 0. The minimum Gasteiger partial charge on any atom is -0.493 e. The highest BCUT2D eigenvalue weighted by Crippen LogP contribution is 2.33. The molecule has 134 valence electrons. The summed E-state index contributed by atoms with van der Waals surface area (Å²) in [5, 5.41) is 0. The van der Waals surface area contributed by atoms with Crippen molar-refractivity contribution in [2.24, 2.45) is 0 Å². The first kappa shape index (κ1) is 17.4. The predicted octanol–water partition coefficient (Wildman–Crippen LogP) is 2.09. The van der Waals surface area contributed by atoms with E-state index >= 15 is 0 Å². The Hall–Kier alpha value is -2.45. The predicted molar refractivity (Wildman–Crippen MR) is 91.0 cm³/mol. The van der Waals surface area contributed by atoms with Crippen molar-refractivity contribution in [2.45, 2.75) is 11.8 Å². The fourth-order valence-electron chi connectivity index (χ4n) is 2.36. The van der Waals surface area contributed by atoms with Gasteiger partial charge in [0, 0.05) is 12.6 Å². The number of ether oxygens (including phenoxy) is 4. The lowest BCUT2D eigenvalue weighted by atomic mass is 10.2. The minimum atomic E-state index is -3.66. The van der Waals surface area contributed by atoms with E-state index in [9.17, 15) is 8.42 Å². The van der Waals surface area contributed by atoms with Gasteiger partial charge in [0.15, 0.2) is 23.0 Å². The van der Waals surface area contributed by atoms with Crippen molar-refractivity contribution in [3.8, 4) is 23.0 Å². The Balaban J connectivity index is 1.58. The molecule has 0 atom stereocenters. The molecule has 0 aromatic heterocycles. The van der Waals surface area contributed by atoms with Crippen LogP contribution in [0.3, 0.4) is 0 Å². The van der Waals surface area contributed by atoms with Crippen molar-refractivity contribution in [1.29, 1.82) is 0 Å². The molecule has 0 unspecified atom stereocenters. The van der Waals surface area contributed by atoms with Crippen molar-refractivity contribution in [3.05, 3.63) is 42.0 Å². The third-order valence-corrected chi connectivity index (χ3v) is 5.08. The number of methoxy groups -OCH3 is 1. The summed E-state index contributed by atoms with van der Waals surface area (Å²) in [6.45, 7) is 2.33. The highest BCUT2D eigenvalue weighted by atomic mass is 32.2. The Bertz CT molecular complexity index is 865. The van der Waals surface area contributed by atoms with Gasteiger partial charge >= 0.3 is 0 Å². The van der Waals surface area contributed by atoms with Gasteiger partial charge in [-0.2, -0.15) is 0 Å². The summed E-state index contributed by atoms with van der Waals surface area (Å²) < 4.78 is 48.4. The van der Waals surface area contributed by atoms with Crippen LogP contribution in [-0.2, 0) is 10.0 Å². The van der Waals surface area contributed by atoms with Gasteiger partial charge in [0.05, 0.1) is 12.0 Å². The lowest BCUT2D eigenvalue weighted by molar-refractivity contribution is 0.174. The van der Waals surface area contributed by atoms with Crippen molar-refractivity contribution in [2.75, 3.05) is 27.1 Å². The number of sulfonamides is 1. The number of fused-ring (bicyclic) bond motifs is 1. The molecular weight excluding hydrogens is 346 g/mol. The number of hydrogen-bond donors (Lipinski definition) is 1. The molecule has 0 amide bonds. The van der Waals surface area contributed by atoms with Gasteiger partial charge in [0.1, 0.15) is 6.61 Å². The number of nitrogens with one attached hydrogen (secondary N) is 1. The first-order valence-corrected chi connectivity index (χ1v) is 9.15. The zero-order valence-electron chi connectivity index (χ0n) is 13.9. The van der Waals surface area contributed by atoms with Crippen molar-refractivity contribution >= 4 is 10.0 Å². The fraction of sp³-hybridized carbons (Fsp3) is 0.294. The Morgan fingerprint density at radius 2 is 1.88 bits per heavy atom. The quantitative estimate of drug-likeness (QED) is 0.757. The van der Waals surface area contributed by atoms with Crippen molar-refractivity contribution in [1.82, 2.24) is 4.72 Å². The van der Waals surface area contributed by atoms with E-state index in [0.717, 1.165) is 5.56 Å². The van der Waals surface area contributed by atoms with Gasteiger partial charge in [-0.15, -0.1) is 0 Å². The van der Waals surface area contributed by atoms with Gasteiger partial charge in [-0.3, -0.25) is 0 Å². The molecule has 1 heterocycles. The molecule has 1 N–H and O–H groups in total. The molecule has 2 aromatic carbocycles. The first-order valence-electron chi connectivity index (χ1n) is 7.66. The summed E-state index contributed by atoms with van der Waals surface area (Å²) in [5.41, 5.74) is 1.05. The second kappa shape index (κ2) is 7.20. The molecular formula is C17H19NO6S. The number of benzene rings is 2. The fourth-order valence-corrected chi connectivity index (χ4v) is 3.39. The molecule has 3 rings (SSSR count). The normalized spacial score (nSPS) is 12.9. The molecule has 25 heavy (non-hydrogen) atoms. The Labute approximate surface area is 146 Å². The summed E-state index contributed by atoms with van der Waals surface area (Å²) in [4.78, 5) is 0.115. The first-order chi connectivity index (χ1) is 12.0. The summed E-state index contributed by atoms with van der Waals surface area (Å²) in [7, 11) is -2.10. The van der Waals surface area contributed by atoms with Crippen LogP contribution in [0, 0.1) is 6.92 Å². The molecule has 1 aliphatic rings. The van der Waals surface area contributed by atoms with Gasteiger partial charge in [-0.05, 0) is 36.8 Å². The zero-order chi connectivity index (χ0) is 17.9. The van der Waals surface area contributed by atoms with E-state index in [2.05, 4.69) is 4.72 Å². The second-order valence-corrected chi connectivity index (χ2v) is 7.18. The van der Waals surface area contributed by atoms with E-state index in [1.54, 1.807) is 19.2 Å². The molecule has 8 heteroatoms. The average molecular weight is 365 g/mol. The number of aryl methyl sites for hydroxylation is 1. The van der Waals surface area contributed by atoms with Crippen LogP contribution < -0.4 is 23.7 Å². The number of rotatable bonds is 7. The topological polar surface area (TPSA) is 83.1 Å². The molecule has 2 aromatic rings. The maximum atomic E-state index is 12.3. The van der Waals surface area contributed by atoms with Crippen LogP contribution in [-0.4, -0.2) is 35.5 Å². The maximum absolute atomic E-state index is 12.3. The smallest absolute Gasteiger partial charge is 0.240 e. The van der Waals surface area contributed by atoms with E-state index in [-0.39, 0.29) is 24.8 Å². The highest BCUT2D eigenvalue weighted by molar-refractivity contribution is 7.89. The van der Waals surface area contributed by atoms with Gasteiger partial charge in [-0.25, -0.2) is 13.1 Å². The van der Waals surface area contributed by atoms with Crippen LogP contribution in [0.1, 0.15) is 5.56 Å². The highest BCUT2D eigenvalue weighted by Gasteiger charge is 2.20. The average Bonchev–Trinajstić information content (AvgIpc) is 3.07. The molecule has 0 spiro atoms. The molecule has 0 aliphatic carbocycles. The molecule has 0 fully saturated rings. The van der Waals surface area contributed by atoms with Crippen LogP contribution in [0.5, 0.6) is 23.0 Å². The van der Waals surface area contributed by atoms with Gasteiger partial charge < -0.3 is 18.9 Å². The standard InChI is InChI=1S/C17H19NO6S/c1-12-3-5-14(16(9-12)21-2)22-8-7-18-25(19,20)13-4-6-15-17(10-13)24-11-23-15/h3-6,9-10,18H,7-8,11H2,1-2H3. The zero-order valence-corrected chi connectivity index (χ0v) is 14.8. The van der Waals surface area contributed by atoms with Crippen LogP contribution >= 0.6 is 0 Å². The SMILES string of the molecule is COc1cc(C)ccc1OCCNS(=O)(=O)c1ccc2c(c1)OCO2. The molecule has 0 saturated heterocycles. The Morgan fingerprint density at radius 3 is 2.68 bits per heavy atom. The van der Waals surface area contributed by atoms with E-state index < -0.39 is 10.0 Å². The van der Waals surface area contributed by atoms with E-state index in [4.69, 9.17) is 18.9 Å². The lowest BCUT2D eigenvalue weighted by Gasteiger charge is -2.12. The maximum Gasteiger partial charge on any atom is 0.240 e. The molecule has 0 saturated carbocycles. The third-order valence-electron chi connectivity index (χ3n) is 3.63. The van der Waals surface area contributed by atoms with Crippen LogP contribution in [0.2, 0.25) is 0 Å². The largest absolute Gasteiger partial charge is 0.493 e. The summed E-state index contributed by atoms with van der Waals surface area (Å²) in [6, 6.07) is 10.0. The van der Waals surface area contributed by atoms with Crippen molar-refractivity contribution in [3.63, 3.8) is 0 Å². The van der Waals surface area contributed by atoms with Gasteiger partial charge in [0.25, 0.3) is 0 Å². The summed E-state index contributed by atoms with van der Waals surface area (Å²) >= 11 is 0. The molecule has 1 aliphatic heterocycles. The van der Waals surface area contributed by atoms with E-state index in [0.29, 0.717) is 23.0 Å². The van der Waals surface area contributed by atoms with E-state index in [1.807, 2.05) is 19.1 Å². The minimum absolute atomic E-state index is 0.0957. The van der Waals surface area contributed by atoms with E-state index in [1.165, 1.54) is 12.1 Å². The lowest BCUT2D eigenvalue weighted by Crippen LogP contribution is -2.28. The number of hydrogen-bond acceptors (Lipinski definition) is 6. The van der Waals surface area contributed by atoms with Gasteiger partial charge in [0.2, 0.25) is 16.8 Å². The monoisotopic (exact) mass is 365 g/mol. The van der Waals surface area contributed by atoms with Crippen LogP contribution in [0.4, 0.5) is 0 Å². The summed E-state index contributed by atoms with van der Waals surface area (Å²) in [5.74, 6) is 2.13. The Kier molecular flexibility index (Phi) is 5.00. The second-order valence-electron chi connectivity index (χ2n) is 5.42. The van der Waals surface area contributed by atoms with Crippen molar-refractivity contribution < 1.29 is 27.4 Å². The molecule has 0 radical (unpaired) electrons. The Morgan fingerprint density at radius 1 is 1.08 bits per heavy atom. The van der Waals surface area contributed by atoms with Gasteiger partial charge in [-0.1, -0.05) is 6.07 Å². The molecule has 7 nitrogen and oxygen atoms in total. The molecule has 0 bridgehead atoms. The van der Waals surface area contributed by atoms with Crippen LogP contribution in [0.15, 0.2) is 41.3 Å². The van der Waals surface area contributed by atoms with Crippen LogP contribution in [0.25, 0.3) is 0 Å². The third kappa shape index (κ3) is 3.97.